The molecule has 0 aliphatic rings. The van der Waals surface area contributed by atoms with Gasteiger partial charge in [0, 0.05) is 16.5 Å². The van der Waals surface area contributed by atoms with Crippen molar-refractivity contribution < 1.29 is 9.72 Å². The van der Waals surface area contributed by atoms with Crippen molar-refractivity contribution in [3.05, 3.63) is 61.3 Å². The van der Waals surface area contributed by atoms with Crippen molar-refractivity contribution in [2.24, 2.45) is 0 Å². The summed E-state index contributed by atoms with van der Waals surface area (Å²) in [7, 11) is 0. The molecular formula is C14H13ClN2O3S. The predicted molar refractivity (Wildman–Crippen MR) is 82.9 cm³/mol. The zero-order valence-electron chi connectivity index (χ0n) is 11.2. The topological polar surface area (TPSA) is 72.2 Å². The molecule has 1 aromatic carbocycles. The fraction of sp³-hybridized carbons (Fsp3) is 0.214. The van der Waals surface area contributed by atoms with Gasteiger partial charge in [-0.05, 0) is 30.0 Å². The van der Waals surface area contributed by atoms with Gasteiger partial charge in [-0.25, -0.2) is 0 Å². The van der Waals surface area contributed by atoms with Crippen LogP contribution in [0.1, 0.15) is 34.6 Å². The highest BCUT2D eigenvalue weighted by molar-refractivity contribution is 7.10. The second-order valence-corrected chi connectivity index (χ2v) is 5.76. The highest BCUT2D eigenvalue weighted by Gasteiger charge is 2.18. The standard InChI is InChI=1S/C14H13ClN2O3S/c1-2-11(13-4-3-7-21-13)16-14(18)9-5-6-12(17(19)20)10(15)8-9/h3-8,11H,2H2,1H3,(H,16,18). The molecular weight excluding hydrogens is 312 g/mol. The normalized spacial score (nSPS) is 11.9. The molecule has 0 bridgehead atoms. The minimum Gasteiger partial charge on any atom is -0.344 e. The number of halogens is 1. The van der Waals surface area contributed by atoms with Crippen LogP contribution in [0, 0.1) is 10.1 Å². The first kappa shape index (κ1) is 15.5. The highest BCUT2D eigenvalue weighted by Crippen LogP contribution is 2.26. The lowest BCUT2D eigenvalue weighted by molar-refractivity contribution is -0.384. The van der Waals surface area contributed by atoms with Crippen LogP contribution in [0.4, 0.5) is 5.69 Å². The third-order valence-electron chi connectivity index (χ3n) is 3.01. The van der Waals surface area contributed by atoms with Gasteiger partial charge >= 0.3 is 0 Å². The van der Waals surface area contributed by atoms with Crippen LogP contribution >= 0.6 is 22.9 Å². The van der Waals surface area contributed by atoms with Gasteiger partial charge in [0.25, 0.3) is 11.6 Å². The number of carbonyl (C=O) groups is 1. The van der Waals surface area contributed by atoms with E-state index < -0.39 is 4.92 Å². The van der Waals surface area contributed by atoms with Crippen LogP contribution in [0.2, 0.25) is 5.02 Å². The maximum Gasteiger partial charge on any atom is 0.287 e. The Labute approximate surface area is 130 Å². The molecule has 21 heavy (non-hydrogen) atoms. The van der Waals surface area contributed by atoms with Crippen LogP contribution in [-0.4, -0.2) is 10.8 Å². The number of hydrogen-bond donors (Lipinski definition) is 1. The van der Waals surface area contributed by atoms with E-state index in [0.717, 1.165) is 11.3 Å². The molecule has 110 valence electrons. The quantitative estimate of drug-likeness (QED) is 0.662. The Morgan fingerprint density at radius 1 is 1.48 bits per heavy atom. The number of nitro groups is 1. The fourth-order valence-corrected chi connectivity index (χ4v) is 3.01. The third-order valence-corrected chi connectivity index (χ3v) is 4.30. The van der Waals surface area contributed by atoms with Crippen LogP contribution in [0.5, 0.6) is 0 Å². The van der Waals surface area contributed by atoms with Crippen LogP contribution in [-0.2, 0) is 0 Å². The number of benzene rings is 1. The number of nitrogens with one attached hydrogen (secondary N) is 1. The van der Waals surface area contributed by atoms with Gasteiger partial charge in [-0.15, -0.1) is 11.3 Å². The van der Waals surface area contributed by atoms with Crippen LogP contribution in [0.15, 0.2) is 35.7 Å². The van der Waals surface area contributed by atoms with Gasteiger partial charge < -0.3 is 5.32 Å². The van der Waals surface area contributed by atoms with E-state index in [1.807, 2.05) is 24.4 Å². The first-order valence-electron chi connectivity index (χ1n) is 6.31. The molecule has 1 unspecified atom stereocenters. The summed E-state index contributed by atoms with van der Waals surface area (Å²) in [5, 5.41) is 15.5. The lowest BCUT2D eigenvalue weighted by Crippen LogP contribution is -2.27. The summed E-state index contributed by atoms with van der Waals surface area (Å²) in [5.74, 6) is -0.299. The van der Waals surface area contributed by atoms with Crippen LogP contribution < -0.4 is 5.32 Å². The number of carbonyl (C=O) groups excluding carboxylic acids is 1. The summed E-state index contributed by atoms with van der Waals surface area (Å²) >= 11 is 7.39. The number of amides is 1. The van der Waals surface area contributed by atoms with Crippen molar-refractivity contribution >= 4 is 34.5 Å². The zero-order valence-corrected chi connectivity index (χ0v) is 12.8. The summed E-state index contributed by atoms with van der Waals surface area (Å²) < 4.78 is 0. The molecule has 0 saturated heterocycles. The van der Waals surface area contributed by atoms with E-state index in [1.54, 1.807) is 11.3 Å². The molecule has 1 aromatic heterocycles. The molecule has 2 rings (SSSR count). The number of rotatable bonds is 5. The van der Waals surface area contributed by atoms with Gasteiger partial charge in [0.15, 0.2) is 0 Å². The molecule has 0 fully saturated rings. The van der Waals surface area contributed by atoms with Crippen molar-refractivity contribution in [2.75, 3.05) is 0 Å². The molecule has 1 heterocycles. The molecule has 2 aromatic rings. The molecule has 0 aliphatic heterocycles. The summed E-state index contributed by atoms with van der Waals surface area (Å²) in [6.45, 7) is 1.98. The Kier molecular flexibility index (Phi) is 4.93. The van der Waals surface area contributed by atoms with Gasteiger partial charge in [-0.1, -0.05) is 24.6 Å². The first-order chi connectivity index (χ1) is 10.0. The Balaban J connectivity index is 2.16. The van der Waals surface area contributed by atoms with E-state index in [9.17, 15) is 14.9 Å². The first-order valence-corrected chi connectivity index (χ1v) is 7.57. The van der Waals surface area contributed by atoms with Crippen molar-refractivity contribution in [1.29, 1.82) is 0 Å². The van der Waals surface area contributed by atoms with Crippen molar-refractivity contribution in [1.82, 2.24) is 5.32 Å². The van der Waals surface area contributed by atoms with Gasteiger partial charge in [0.05, 0.1) is 11.0 Å². The molecule has 1 atom stereocenters. The van der Waals surface area contributed by atoms with Gasteiger partial charge in [0.1, 0.15) is 5.02 Å². The van der Waals surface area contributed by atoms with Crippen LogP contribution in [0.3, 0.4) is 0 Å². The lowest BCUT2D eigenvalue weighted by atomic mass is 10.1. The van der Waals surface area contributed by atoms with E-state index in [0.29, 0.717) is 5.56 Å². The van der Waals surface area contributed by atoms with Gasteiger partial charge in [-0.3, -0.25) is 14.9 Å². The smallest absolute Gasteiger partial charge is 0.287 e. The summed E-state index contributed by atoms with van der Waals surface area (Å²) in [6, 6.07) is 7.77. The van der Waals surface area contributed by atoms with E-state index in [2.05, 4.69) is 5.32 Å². The van der Waals surface area contributed by atoms with Gasteiger partial charge in [0.2, 0.25) is 0 Å². The number of nitrogens with zero attached hydrogens (tertiary/aromatic N) is 1. The predicted octanol–water partition coefficient (Wildman–Crippen LogP) is 4.19. The van der Waals surface area contributed by atoms with Crippen molar-refractivity contribution in [2.45, 2.75) is 19.4 Å². The lowest BCUT2D eigenvalue weighted by Gasteiger charge is -2.15. The van der Waals surface area contributed by atoms with Crippen LogP contribution in [0.25, 0.3) is 0 Å². The van der Waals surface area contributed by atoms with E-state index in [4.69, 9.17) is 11.6 Å². The second-order valence-electron chi connectivity index (χ2n) is 4.37. The van der Waals surface area contributed by atoms with E-state index in [1.165, 1.54) is 18.2 Å². The molecule has 1 amide bonds. The van der Waals surface area contributed by atoms with Gasteiger partial charge in [-0.2, -0.15) is 0 Å². The Morgan fingerprint density at radius 3 is 2.76 bits per heavy atom. The average molecular weight is 325 g/mol. The monoisotopic (exact) mass is 324 g/mol. The largest absolute Gasteiger partial charge is 0.344 e. The Bertz CT molecular complexity index is 658. The average Bonchev–Trinajstić information content (AvgIpc) is 2.97. The molecule has 0 radical (unpaired) electrons. The Morgan fingerprint density at radius 2 is 2.24 bits per heavy atom. The van der Waals surface area contributed by atoms with E-state index in [-0.39, 0.29) is 22.7 Å². The number of nitro benzene ring substituents is 1. The Hall–Kier alpha value is -1.92. The molecule has 0 saturated carbocycles. The van der Waals surface area contributed by atoms with Crippen molar-refractivity contribution in [3.8, 4) is 0 Å². The van der Waals surface area contributed by atoms with Crippen molar-refractivity contribution in [3.63, 3.8) is 0 Å². The molecule has 5 nitrogen and oxygen atoms in total. The fourth-order valence-electron chi connectivity index (χ4n) is 1.90. The molecule has 7 heteroatoms. The summed E-state index contributed by atoms with van der Waals surface area (Å²) in [4.78, 5) is 23.4. The molecule has 1 N–H and O–H groups in total. The highest BCUT2D eigenvalue weighted by atomic mass is 35.5. The SMILES string of the molecule is CCC(NC(=O)c1ccc([N+](=O)[O-])c(Cl)c1)c1cccs1. The zero-order chi connectivity index (χ0) is 15.4. The summed E-state index contributed by atoms with van der Waals surface area (Å²) in [5.41, 5.74) is 0.0964. The molecule has 0 spiro atoms. The van der Waals surface area contributed by atoms with E-state index >= 15 is 0 Å². The third kappa shape index (κ3) is 3.59. The summed E-state index contributed by atoms with van der Waals surface area (Å²) in [6.07, 6.45) is 0.757. The second kappa shape index (κ2) is 6.69. The minimum absolute atomic E-state index is 0.0446. The number of hydrogen-bond acceptors (Lipinski definition) is 4. The number of thiophene rings is 1. The maximum atomic E-state index is 12.2. The maximum absolute atomic E-state index is 12.2. The molecule has 0 aliphatic carbocycles. The minimum atomic E-state index is -0.579.